The highest BCUT2D eigenvalue weighted by Crippen LogP contribution is 2.15. The summed E-state index contributed by atoms with van der Waals surface area (Å²) < 4.78 is 27.5. The number of carbonyl (C=O) groups is 1. The van der Waals surface area contributed by atoms with Crippen LogP contribution in [-0.2, 0) is 21.9 Å². The lowest BCUT2D eigenvalue weighted by atomic mass is 10.2. The van der Waals surface area contributed by atoms with E-state index in [9.17, 15) is 13.2 Å². The highest BCUT2D eigenvalue weighted by molar-refractivity contribution is 7.89. The third kappa shape index (κ3) is 3.54. The molecule has 0 unspecified atom stereocenters. The largest absolute Gasteiger partial charge is 0.481 e. The number of sulfonamides is 1. The molecule has 102 valence electrons. The summed E-state index contributed by atoms with van der Waals surface area (Å²) in [5.41, 5.74) is 0. The molecule has 0 aliphatic rings. The Morgan fingerprint density at radius 3 is 2.61 bits per heavy atom. The Morgan fingerprint density at radius 2 is 2.17 bits per heavy atom. The Hall–Kier alpha value is -1.41. The van der Waals surface area contributed by atoms with Gasteiger partial charge >= 0.3 is 5.97 Å². The number of hydrogen-bond donors (Lipinski definition) is 2. The average molecular weight is 275 g/mol. The number of hydrogen-bond acceptors (Lipinski definition) is 4. The molecule has 0 aliphatic heterocycles. The Kier molecular flexibility index (Phi) is 4.47. The second-order valence-electron chi connectivity index (χ2n) is 4.24. The number of aromatic nitrogens is 2. The molecule has 0 spiro atoms. The number of carboxylic acids is 1. The van der Waals surface area contributed by atoms with Crippen molar-refractivity contribution in [2.45, 2.75) is 31.2 Å². The van der Waals surface area contributed by atoms with Gasteiger partial charge in [-0.05, 0) is 0 Å². The fourth-order valence-electron chi connectivity index (χ4n) is 1.48. The molecule has 7 nitrogen and oxygen atoms in total. The van der Waals surface area contributed by atoms with Crippen LogP contribution in [0.5, 0.6) is 0 Å². The Balaban J connectivity index is 2.85. The number of carboxylic acid groups (broad SMARTS) is 1. The van der Waals surface area contributed by atoms with Gasteiger partial charge in [0.15, 0.2) is 5.03 Å². The maximum Gasteiger partial charge on any atom is 0.304 e. The van der Waals surface area contributed by atoms with Crippen LogP contribution in [0.2, 0.25) is 0 Å². The zero-order valence-electron chi connectivity index (χ0n) is 10.5. The van der Waals surface area contributed by atoms with Gasteiger partial charge in [-0.1, -0.05) is 13.8 Å². The highest BCUT2D eigenvalue weighted by atomic mass is 32.2. The normalized spacial score (nSPS) is 12.0. The number of aliphatic carboxylic acids is 1. The lowest BCUT2D eigenvalue weighted by molar-refractivity contribution is -0.136. The third-order valence-electron chi connectivity index (χ3n) is 2.31. The maximum absolute atomic E-state index is 11.8. The summed E-state index contributed by atoms with van der Waals surface area (Å²) in [6.07, 6.45) is 1.15. The van der Waals surface area contributed by atoms with E-state index in [0.29, 0.717) is 5.82 Å². The van der Waals surface area contributed by atoms with Gasteiger partial charge in [0, 0.05) is 25.7 Å². The summed E-state index contributed by atoms with van der Waals surface area (Å²) >= 11 is 0. The highest BCUT2D eigenvalue weighted by Gasteiger charge is 2.20. The van der Waals surface area contributed by atoms with Gasteiger partial charge in [0.05, 0.1) is 6.42 Å². The van der Waals surface area contributed by atoms with Crippen LogP contribution in [0.1, 0.15) is 32.0 Å². The summed E-state index contributed by atoms with van der Waals surface area (Å²) in [6, 6.07) is 0. The van der Waals surface area contributed by atoms with Crippen molar-refractivity contribution in [1.29, 1.82) is 0 Å². The number of aryl methyl sites for hydroxylation is 1. The topological polar surface area (TPSA) is 101 Å². The van der Waals surface area contributed by atoms with Crippen molar-refractivity contribution < 1.29 is 18.3 Å². The first-order valence-electron chi connectivity index (χ1n) is 5.48. The SMILES string of the molecule is CC(C)c1nc(S(=O)(=O)NCCC(=O)O)cn1C. The Morgan fingerprint density at radius 1 is 1.56 bits per heavy atom. The summed E-state index contributed by atoms with van der Waals surface area (Å²) in [4.78, 5) is 14.4. The quantitative estimate of drug-likeness (QED) is 0.777. The van der Waals surface area contributed by atoms with Crippen molar-refractivity contribution in [1.82, 2.24) is 14.3 Å². The molecule has 0 aromatic carbocycles. The average Bonchev–Trinajstić information content (AvgIpc) is 2.60. The van der Waals surface area contributed by atoms with Gasteiger partial charge < -0.3 is 9.67 Å². The van der Waals surface area contributed by atoms with E-state index < -0.39 is 16.0 Å². The zero-order valence-corrected chi connectivity index (χ0v) is 11.4. The predicted molar refractivity (Wildman–Crippen MR) is 64.7 cm³/mol. The molecular weight excluding hydrogens is 258 g/mol. The van der Waals surface area contributed by atoms with Crippen LogP contribution >= 0.6 is 0 Å². The van der Waals surface area contributed by atoms with Crippen LogP contribution in [-0.4, -0.2) is 35.6 Å². The van der Waals surface area contributed by atoms with E-state index in [1.165, 1.54) is 6.20 Å². The van der Waals surface area contributed by atoms with E-state index in [0.717, 1.165) is 0 Å². The third-order valence-corrected chi connectivity index (χ3v) is 3.64. The number of imidazole rings is 1. The molecule has 0 saturated heterocycles. The van der Waals surface area contributed by atoms with Crippen molar-refractivity contribution in [3.63, 3.8) is 0 Å². The molecule has 1 aromatic rings. The summed E-state index contributed by atoms with van der Waals surface area (Å²) in [5, 5.41) is 8.36. The van der Waals surface area contributed by atoms with Gasteiger partial charge in [0.25, 0.3) is 10.0 Å². The van der Waals surface area contributed by atoms with E-state index in [1.807, 2.05) is 13.8 Å². The molecule has 1 aromatic heterocycles. The fraction of sp³-hybridized carbons (Fsp3) is 0.600. The van der Waals surface area contributed by atoms with Crippen LogP contribution in [0.15, 0.2) is 11.2 Å². The Bertz CT molecular complexity index is 533. The number of nitrogens with zero attached hydrogens (tertiary/aromatic N) is 2. The van der Waals surface area contributed by atoms with Crippen LogP contribution in [0.4, 0.5) is 0 Å². The van der Waals surface area contributed by atoms with Gasteiger partial charge in [-0.15, -0.1) is 0 Å². The molecule has 1 heterocycles. The molecule has 0 saturated carbocycles. The van der Waals surface area contributed by atoms with E-state index in [4.69, 9.17) is 5.11 Å². The summed E-state index contributed by atoms with van der Waals surface area (Å²) in [6.45, 7) is 3.68. The van der Waals surface area contributed by atoms with Crippen molar-refractivity contribution in [3.05, 3.63) is 12.0 Å². The first-order valence-corrected chi connectivity index (χ1v) is 6.97. The van der Waals surface area contributed by atoms with Gasteiger partial charge in [-0.2, -0.15) is 0 Å². The van der Waals surface area contributed by atoms with Gasteiger partial charge in [-0.3, -0.25) is 4.79 Å². The smallest absolute Gasteiger partial charge is 0.304 e. The number of nitrogens with one attached hydrogen (secondary N) is 1. The lowest BCUT2D eigenvalue weighted by Gasteiger charge is -2.03. The van der Waals surface area contributed by atoms with Crippen molar-refractivity contribution in [2.24, 2.45) is 7.05 Å². The summed E-state index contributed by atoms with van der Waals surface area (Å²) in [7, 11) is -2.02. The molecule has 18 heavy (non-hydrogen) atoms. The van der Waals surface area contributed by atoms with Crippen molar-refractivity contribution >= 4 is 16.0 Å². The standard InChI is InChI=1S/C10H17N3O4S/c1-7(2)10-12-8(6-13(10)3)18(16,17)11-5-4-9(14)15/h6-7,11H,4-5H2,1-3H3,(H,14,15). The van der Waals surface area contributed by atoms with Crippen molar-refractivity contribution in [3.8, 4) is 0 Å². The molecule has 1 rings (SSSR count). The predicted octanol–water partition coefficient (Wildman–Crippen LogP) is 0.296. The molecule has 0 fully saturated rings. The molecule has 0 atom stereocenters. The van der Waals surface area contributed by atoms with Crippen LogP contribution in [0.25, 0.3) is 0 Å². The zero-order chi connectivity index (χ0) is 13.9. The monoisotopic (exact) mass is 275 g/mol. The second kappa shape index (κ2) is 5.49. The first kappa shape index (κ1) is 14.7. The maximum atomic E-state index is 11.8. The molecule has 0 radical (unpaired) electrons. The van der Waals surface area contributed by atoms with Crippen LogP contribution in [0, 0.1) is 0 Å². The number of rotatable bonds is 6. The Labute approximate surface area is 106 Å². The van der Waals surface area contributed by atoms with Gasteiger partial charge in [0.1, 0.15) is 5.82 Å². The molecular formula is C10H17N3O4S. The van der Waals surface area contributed by atoms with Crippen molar-refractivity contribution in [2.75, 3.05) is 6.54 Å². The van der Waals surface area contributed by atoms with E-state index >= 15 is 0 Å². The van der Waals surface area contributed by atoms with Gasteiger partial charge in [0.2, 0.25) is 0 Å². The van der Waals surface area contributed by atoms with Crippen LogP contribution < -0.4 is 4.72 Å². The van der Waals surface area contributed by atoms with E-state index in [-0.39, 0.29) is 23.9 Å². The molecule has 0 bridgehead atoms. The van der Waals surface area contributed by atoms with Crippen LogP contribution in [0.3, 0.4) is 0 Å². The molecule has 8 heteroatoms. The minimum absolute atomic E-state index is 0.0842. The lowest BCUT2D eigenvalue weighted by Crippen LogP contribution is -2.26. The van der Waals surface area contributed by atoms with Gasteiger partial charge in [-0.25, -0.2) is 18.1 Å². The fourth-order valence-corrected chi connectivity index (χ4v) is 2.51. The molecule has 0 aliphatic carbocycles. The molecule has 2 N–H and O–H groups in total. The summed E-state index contributed by atoms with van der Waals surface area (Å²) in [5.74, 6) is -0.284. The van der Waals surface area contributed by atoms with E-state index in [1.54, 1.807) is 11.6 Å². The first-order chi connectivity index (χ1) is 8.24. The molecule has 0 amide bonds. The minimum atomic E-state index is -3.74. The second-order valence-corrected chi connectivity index (χ2v) is 5.96. The minimum Gasteiger partial charge on any atom is -0.481 e. The van der Waals surface area contributed by atoms with E-state index in [2.05, 4.69) is 9.71 Å².